The van der Waals surface area contributed by atoms with Crippen molar-refractivity contribution in [3.63, 3.8) is 0 Å². The number of hydrogen-bond donors (Lipinski definition) is 2. The van der Waals surface area contributed by atoms with Gasteiger partial charge in [0.05, 0.1) is 11.7 Å². The lowest BCUT2D eigenvalue weighted by Gasteiger charge is -2.09. The predicted octanol–water partition coefficient (Wildman–Crippen LogP) is 2.30. The zero-order chi connectivity index (χ0) is 22.1. The average molecular weight is 416 g/mol. The Labute approximate surface area is 172 Å². The van der Waals surface area contributed by atoms with E-state index in [1.807, 2.05) is 0 Å². The summed E-state index contributed by atoms with van der Waals surface area (Å²) >= 11 is 0. The topological polar surface area (TPSA) is 111 Å². The number of anilines is 1. The van der Waals surface area contributed by atoms with E-state index in [0.717, 1.165) is 12.1 Å². The summed E-state index contributed by atoms with van der Waals surface area (Å²) in [6.45, 7) is 2.47. The summed E-state index contributed by atoms with van der Waals surface area (Å²) < 4.78 is 22.7. The summed E-state index contributed by atoms with van der Waals surface area (Å²) in [5, 5.41) is 4.82. The number of carbonyl (C=O) groups excluding carboxylic acids is 4. The number of carbonyl (C=O) groups is 4. The number of amides is 2. The van der Waals surface area contributed by atoms with Gasteiger partial charge in [-0.05, 0) is 62.4 Å². The predicted molar refractivity (Wildman–Crippen MR) is 105 cm³/mol. The van der Waals surface area contributed by atoms with Crippen LogP contribution in [0.25, 0.3) is 0 Å². The van der Waals surface area contributed by atoms with E-state index in [0.29, 0.717) is 11.3 Å². The fourth-order valence-corrected chi connectivity index (χ4v) is 2.22. The summed E-state index contributed by atoms with van der Waals surface area (Å²) in [4.78, 5) is 47.1. The Morgan fingerprint density at radius 1 is 0.933 bits per heavy atom. The third kappa shape index (κ3) is 7.34. The Hall–Kier alpha value is -3.75. The minimum absolute atomic E-state index is 0.183. The van der Waals surface area contributed by atoms with Crippen molar-refractivity contribution in [3.05, 3.63) is 65.5 Å². The van der Waals surface area contributed by atoms with Crippen molar-refractivity contribution >= 4 is 29.4 Å². The number of esters is 2. The first-order valence-electron chi connectivity index (χ1n) is 9.05. The van der Waals surface area contributed by atoms with E-state index in [1.165, 1.54) is 36.4 Å². The van der Waals surface area contributed by atoms with E-state index in [9.17, 15) is 23.6 Å². The molecule has 2 N–H and O–H groups in total. The monoisotopic (exact) mass is 416 g/mol. The van der Waals surface area contributed by atoms with E-state index < -0.39 is 42.7 Å². The number of ether oxygens (including phenoxy) is 2. The second kappa shape index (κ2) is 10.7. The zero-order valence-corrected chi connectivity index (χ0v) is 16.4. The van der Waals surface area contributed by atoms with Crippen LogP contribution < -0.4 is 10.6 Å². The minimum Gasteiger partial charge on any atom is -0.459 e. The molecule has 30 heavy (non-hydrogen) atoms. The highest BCUT2D eigenvalue weighted by atomic mass is 19.1. The van der Waals surface area contributed by atoms with Crippen molar-refractivity contribution in [3.8, 4) is 0 Å². The SMILES string of the molecule is CC(C)OC(=O)c1ccc(NC(=O)COC(=O)CNC(=O)c2ccc(F)cc2)cc1. The van der Waals surface area contributed by atoms with Crippen LogP contribution in [0.1, 0.15) is 34.6 Å². The smallest absolute Gasteiger partial charge is 0.338 e. The van der Waals surface area contributed by atoms with Gasteiger partial charge in [-0.15, -0.1) is 0 Å². The van der Waals surface area contributed by atoms with E-state index in [1.54, 1.807) is 13.8 Å². The van der Waals surface area contributed by atoms with Gasteiger partial charge in [0.2, 0.25) is 0 Å². The first kappa shape index (κ1) is 22.5. The molecule has 2 rings (SSSR count). The molecule has 2 aromatic rings. The van der Waals surface area contributed by atoms with Gasteiger partial charge in [0.15, 0.2) is 6.61 Å². The van der Waals surface area contributed by atoms with Crippen LogP contribution in [0.2, 0.25) is 0 Å². The fraction of sp³-hybridized carbons (Fsp3) is 0.238. The molecular weight excluding hydrogens is 395 g/mol. The first-order chi connectivity index (χ1) is 14.2. The van der Waals surface area contributed by atoms with Crippen LogP contribution in [0.3, 0.4) is 0 Å². The lowest BCUT2D eigenvalue weighted by Crippen LogP contribution is -2.32. The molecule has 0 aliphatic carbocycles. The molecule has 0 saturated carbocycles. The molecule has 2 aromatic carbocycles. The Morgan fingerprint density at radius 3 is 2.13 bits per heavy atom. The number of nitrogens with one attached hydrogen (secondary N) is 2. The average Bonchev–Trinajstić information content (AvgIpc) is 2.71. The maximum absolute atomic E-state index is 12.8. The highest BCUT2D eigenvalue weighted by molar-refractivity contribution is 5.97. The number of benzene rings is 2. The lowest BCUT2D eigenvalue weighted by molar-refractivity contribution is -0.146. The number of hydrogen-bond acceptors (Lipinski definition) is 6. The van der Waals surface area contributed by atoms with Crippen molar-refractivity contribution < 1.29 is 33.0 Å². The zero-order valence-electron chi connectivity index (χ0n) is 16.4. The van der Waals surface area contributed by atoms with Gasteiger partial charge in [-0.2, -0.15) is 0 Å². The minimum atomic E-state index is -0.813. The molecule has 158 valence electrons. The maximum atomic E-state index is 12.8. The van der Waals surface area contributed by atoms with Gasteiger partial charge in [-0.25, -0.2) is 9.18 Å². The summed E-state index contributed by atoms with van der Waals surface area (Å²) in [5.74, 6) is -2.94. The van der Waals surface area contributed by atoms with Crippen LogP contribution in [0.4, 0.5) is 10.1 Å². The van der Waals surface area contributed by atoms with Crippen LogP contribution in [0, 0.1) is 5.82 Å². The third-order valence-electron chi connectivity index (χ3n) is 3.61. The van der Waals surface area contributed by atoms with Gasteiger partial charge in [-0.3, -0.25) is 14.4 Å². The molecule has 8 nitrogen and oxygen atoms in total. The number of halogens is 1. The molecule has 0 atom stereocenters. The number of rotatable bonds is 8. The van der Waals surface area contributed by atoms with Crippen molar-refractivity contribution in [2.24, 2.45) is 0 Å². The Balaban J connectivity index is 1.73. The third-order valence-corrected chi connectivity index (χ3v) is 3.61. The summed E-state index contributed by atoms with van der Waals surface area (Å²) in [7, 11) is 0. The van der Waals surface area contributed by atoms with Crippen LogP contribution in [0.5, 0.6) is 0 Å². The second-order valence-corrected chi connectivity index (χ2v) is 6.43. The molecule has 0 fully saturated rings. The molecule has 0 heterocycles. The van der Waals surface area contributed by atoms with Crippen molar-refractivity contribution in [1.29, 1.82) is 0 Å². The van der Waals surface area contributed by atoms with Gasteiger partial charge in [0.25, 0.3) is 11.8 Å². The summed E-state index contributed by atoms with van der Waals surface area (Å²) in [6.07, 6.45) is -0.243. The van der Waals surface area contributed by atoms with Crippen LogP contribution in [-0.2, 0) is 19.1 Å². The second-order valence-electron chi connectivity index (χ2n) is 6.43. The largest absolute Gasteiger partial charge is 0.459 e. The Kier molecular flexibility index (Phi) is 8.04. The molecule has 0 unspecified atom stereocenters. The van der Waals surface area contributed by atoms with Crippen molar-refractivity contribution in [2.45, 2.75) is 20.0 Å². The van der Waals surface area contributed by atoms with E-state index in [2.05, 4.69) is 10.6 Å². The van der Waals surface area contributed by atoms with E-state index >= 15 is 0 Å². The highest BCUT2D eigenvalue weighted by Gasteiger charge is 2.12. The molecule has 2 amide bonds. The van der Waals surface area contributed by atoms with Gasteiger partial charge >= 0.3 is 11.9 Å². The fourth-order valence-electron chi connectivity index (χ4n) is 2.22. The van der Waals surface area contributed by atoms with E-state index in [-0.39, 0.29) is 11.7 Å². The Morgan fingerprint density at radius 2 is 1.53 bits per heavy atom. The van der Waals surface area contributed by atoms with Gasteiger partial charge in [0.1, 0.15) is 12.4 Å². The Bertz CT molecular complexity index is 910. The highest BCUT2D eigenvalue weighted by Crippen LogP contribution is 2.11. The molecule has 0 aliphatic heterocycles. The van der Waals surface area contributed by atoms with Crippen molar-refractivity contribution in [2.75, 3.05) is 18.5 Å². The van der Waals surface area contributed by atoms with Gasteiger partial charge in [0, 0.05) is 11.3 Å². The van der Waals surface area contributed by atoms with Crippen molar-refractivity contribution in [1.82, 2.24) is 5.32 Å². The lowest BCUT2D eigenvalue weighted by atomic mass is 10.2. The van der Waals surface area contributed by atoms with Gasteiger partial charge < -0.3 is 20.1 Å². The molecule has 0 bridgehead atoms. The summed E-state index contributed by atoms with van der Waals surface area (Å²) in [6, 6.07) is 10.8. The van der Waals surface area contributed by atoms with E-state index in [4.69, 9.17) is 9.47 Å². The molecule has 9 heteroatoms. The quantitative estimate of drug-likeness (QED) is 0.639. The normalized spacial score (nSPS) is 10.3. The molecule has 0 spiro atoms. The van der Waals surface area contributed by atoms with Crippen LogP contribution in [-0.4, -0.2) is 43.0 Å². The molecular formula is C21H21FN2O6. The summed E-state index contributed by atoms with van der Waals surface area (Å²) in [5.41, 5.74) is 0.925. The molecule has 0 aromatic heterocycles. The first-order valence-corrected chi connectivity index (χ1v) is 9.05. The molecule has 0 aliphatic rings. The molecule has 0 radical (unpaired) electrons. The maximum Gasteiger partial charge on any atom is 0.338 e. The van der Waals surface area contributed by atoms with Crippen LogP contribution >= 0.6 is 0 Å². The molecule has 0 saturated heterocycles. The van der Waals surface area contributed by atoms with Crippen LogP contribution in [0.15, 0.2) is 48.5 Å². The standard InChI is InChI=1S/C21H21FN2O6/c1-13(2)30-21(28)15-5-9-17(10-6-15)24-18(25)12-29-19(26)11-23-20(27)14-3-7-16(22)8-4-14/h3-10,13H,11-12H2,1-2H3,(H,23,27)(H,24,25). The van der Waals surface area contributed by atoms with Gasteiger partial charge in [-0.1, -0.05) is 0 Å².